The van der Waals surface area contributed by atoms with E-state index >= 15 is 0 Å². The molecule has 0 aliphatic rings. The maximum absolute atomic E-state index is 6.03. The molecule has 0 aromatic carbocycles. The Hall–Kier alpha value is -0.960. The fourth-order valence-corrected chi connectivity index (χ4v) is 2.78. The SMILES string of the molecule is Clc1cnc(Cn2cc(I)nc2-c2cnc(Cl)c(Cl)c2)nc1. The molecular formula is C13H7Cl3IN5. The van der Waals surface area contributed by atoms with E-state index in [0.717, 1.165) is 9.26 Å². The zero-order valence-corrected chi connectivity index (χ0v) is 15.3. The summed E-state index contributed by atoms with van der Waals surface area (Å²) >= 11 is 19.8. The van der Waals surface area contributed by atoms with E-state index < -0.39 is 0 Å². The topological polar surface area (TPSA) is 56.5 Å². The van der Waals surface area contributed by atoms with Gasteiger partial charge in [0.05, 0.1) is 16.6 Å². The number of pyridine rings is 1. The van der Waals surface area contributed by atoms with Gasteiger partial charge in [-0.3, -0.25) is 0 Å². The summed E-state index contributed by atoms with van der Waals surface area (Å²) in [6.45, 7) is 0.461. The number of imidazole rings is 1. The molecule has 0 bridgehead atoms. The summed E-state index contributed by atoms with van der Waals surface area (Å²) in [5.74, 6) is 1.35. The molecule has 0 amide bonds. The van der Waals surface area contributed by atoms with Crippen molar-refractivity contribution in [1.29, 1.82) is 0 Å². The van der Waals surface area contributed by atoms with Gasteiger partial charge in [-0.15, -0.1) is 0 Å². The number of nitrogens with zero attached hydrogens (tertiary/aromatic N) is 5. The monoisotopic (exact) mass is 465 g/mol. The van der Waals surface area contributed by atoms with Gasteiger partial charge in [-0.05, 0) is 28.7 Å². The average Bonchev–Trinajstić information content (AvgIpc) is 2.85. The van der Waals surface area contributed by atoms with Crippen LogP contribution in [0.25, 0.3) is 11.4 Å². The molecular weight excluding hydrogens is 459 g/mol. The van der Waals surface area contributed by atoms with Crippen LogP contribution in [0.2, 0.25) is 15.2 Å². The third kappa shape index (κ3) is 3.51. The Morgan fingerprint density at radius 3 is 2.45 bits per heavy atom. The Morgan fingerprint density at radius 1 is 1.05 bits per heavy atom. The Morgan fingerprint density at radius 2 is 1.77 bits per heavy atom. The Balaban J connectivity index is 1.98. The van der Waals surface area contributed by atoms with Gasteiger partial charge in [-0.1, -0.05) is 34.8 Å². The van der Waals surface area contributed by atoms with Crippen molar-refractivity contribution < 1.29 is 0 Å². The normalized spacial score (nSPS) is 10.9. The summed E-state index contributed by atoms with van der Waals surface area (Å²) in [6, 6.07) is 1.73. The third-order valence-electron chi connectivity index (χ3n) is 2.79. The van der Waals surface area contributed by atoms with Gasteiger partial charge in [0.15, 0.2) is 0 Å². The summed E-state index contributed by atoms with van der Waals surface area (Å²) in [4.78, 5) is 16.9. The lowest BCUT2D eigenvalue weighted by Crippen LogP contribution is -2.05. The Bertz CT molecular complexity index is 819. The van der Waals surface area contributed by atoms with Gasteiger partial charge in [0, 0.05) is 30.4 Å². The van der Waals surface area contributed by atoms with E-state index in [2.05, 4.69) is 42.5 Å². The molecule has 0 saturated carbocycles. The van der Waals surface area contributed by atoms with Crippen molar-refractivity contribution in [3.63, 3.8) is 0 Å². The van der Waals surface area contributed by atoms with E-state index in [1.54, 1.807) is 24.7 Å². The quantitative estimate of drug-likeness (QED) is 0.426. The maximum Gasteiger partial charge on any atom is 0.148 e. The van der Waals surface area contributed by atoms with E-state index in [4.69, 9.17) is 34.8 Å². The molecule has 3 heterocycles. The first-order chi connectivity index (χ1) is 10.5. The van der Waals surface area contributed by atoms with Crippen LogP contribution in [0.5, 0.6) is 0 Å². The Labute approximate surface area is 154 Å². The molecule has 112 valence electrons. The summed E-state index contributed by atoms with van der Waals surface area (Å²) in [6.07, 6.45) is 6.65. The molecule has 0 unspecified atom stereocenters. The van der Waals surface area contributed by atoms with E-state index in [1.807, 2.05) is 10.8 Å². The predicted octanol–water partition coefficient (Wildman–Crippen LogP) is 4.35. The van der Waals surface area contributed by atoms with E-state index in [9.17, 15) is 0 Å². The van der Waals surface area contributed by atoms with Gasteiger partial charge in [0.25, 0.3) is 0 Å². The van der Waals surface area contributed by atoms with Crippen LogP contribution in [-0.2, 0) is 6.54 Å². The molecule has 0 atom stereocenters. The van der Waals surface area contributed by atoms with Crippen molar-refractivity contribution in [3.05, 3.63) is 55.6 Å². The van der Waals surface area contributed by atoms with Gasteiger partial charge >= 0.3 is 0 Å². The summed E-state index contributed by atoms with van der Waals surface area (Å²) < 4.78 is 2.76. The van der Waals surface area contributed by atoms with Crippen LogP contribution >= 0.6 is 57.4 Å². The lowest BCUT2D eigenvalue weighted by molar-refractivity contribution is 0.749. The molecule has 22 heavy (non-hydrogen) atoms. The minimum Gasteiger partial charge on any atom is -0.322 e. The third-order valence-corrected chi connectivity index (χ3v) is 4.19. The van der Waals surface area contributed by atoms with Crippen LogP contribution in [0, 0.1) is 3.70 Å². The van der Waals surface area contributed by atoms with Crippen molar-refractivity contribution in [3.8, 4) is 11.4 Å². The fraction of sp³-hybridized carbons (Fsp3) is 0.0769. The number of aromatic nitrogens is 5. The minimum absolute atomic E-state index is 0.263. The number of halogens is 4. The lowest BCUT2D eigenvalue weighted by atomic mass is 10.2. The smallest absolute Gasteiger partial charge is 0.148 e. The maximum atomic E-state index is 6.03. The largest absolute Gasteiger partial charge is 0.322 e. The first-order valence-corrected chi connectivity index (χ1v) is 8.24. The molecule has 0 radical (unpaired) electrons. The highest BCUT2D eigenvalue weighted by atomic mass is 127. The molecule has 0 aliphatic heterocycles. The molecule has 3 aromatic heterocycles. The van der Waals surface area contributed by atoms with Crippen LogP contribution in [0.3, 0.4) is 0 Å². The van der Waals surface area contributed by atoms with Gasteiger partial charge < -0.3 is 4.57 Å². The van der Waals surface area contributed by atoms with Gasteiger partial charge in [-0.2, -0.15) is 0 Å². The van der Waals surface area contributed by atoms with Crippen LogP contribution in [-0.4, -0.2) is 24.5 Å². The molecule has 0 saturated heterocycles. The molecule has 9 heteroatoms. The second-order valence-corrected chi connectivity index (χ2v) is 6.64. The molecule has 0 spiro atoms. The molecule has 0 N–H and O–H groups in total. The van der Waals surface area contributed by atoms with E-state index in [0.29, 0.717) is 28.2 Å². The van der Waals surface area contributed by atoms with Crippen LogP contribution in [0.15, 0.2) is 30.9 Å². The molecule has 3 rings (SSSR count). The first-order valence-electron chi connectivity index (χ1n) is 6.03. The van der Waals surface area contributed by atoms with Crippen LogP contribution in [0.4, 0.5) is 0 Å². The fourth-order valence-electron chi connectivity index (χ4n) is 1.85. The van der Waals surface area contributed by atoms with Crippen molar-refractivity contribution in [2.45, 2.75) is 6.54 Å². The standard InChI is InChI=1S/C13H7Cl3IN5/c14-8-3-18-11(19-4-8)6-22-5-10(17)21-13(22)7-1-9(15)12(16)20-2-7/h1-5H,6H2. The van der Waals surface area contributed by atoms with Crippen LogP contribution < -0.4 is 0 Å². The number of hydrogen-bond donors (Lipinski definition) is 0. The second-order valence-electron chi connectivity index (χ2n) is 4.33. The molecule has 3 aromatic rings. The van der Waals surface area contributed by atoms with Crippen LogP contribution in [0.1, 0.15) is 5.82 Å². The summed E-state index contributed by atoms with van der Waals surface area (Å²) in [5.41, 5.74) is 0.770. The first kappa shape index (κ1) is 15.9. The zero-order chi connectivity index (χ0) is 15.7. The van der Waals surface area contributed by atoms with E-state index in [-0.39, 0.29) is 5.15 Å². The van der Waals surface area contributed by atoms with E-state index in [1.165, 1.54) is 0 Å². The van der Waals surface area contributed by atoms with Gasteiger partial charge in [0.1, 0.15) is 20.5 Å². The predicted molar refractivity (Wildman–Crippen MR) is 94.3 cm³/mol. The van der Waals surface area contributed by atoms with Crippen molar-refractivity contribution in [1.82, 2.24) is 24.5 Å². The van der Waals surface area contributed by atoms with Crippen molar-refractivity contribution >= 4 is 57.4 Å². The minimum atomic E-state index is 0.263. The highest BCUT2D eigenvalue weighted by Crippen LogP contribution is 2.26. The molecule has 0 aliphatic carbocycles. The summed E-state index contributed by atoms with van der Waals surface area (Å²) in [7, 11) is 0. The van der Waals surface area contributed by atoms with Gasteiger partial charge in [-0.25, -0.2) is 19.9 Å². The molecule has 5 nitrogen and oxygen atoms in total. The van der Waals surface area contributed by atoms with Crippen molar-refractivity contribution in [2.24, 2.45) is 0 Å². The summed E-state index contributed by atoms with van der Waals surface area (Å²) in [5, 5.41) is 1.14. The highest BCUT2D eigenvalue weighted by Gasteiger charge is 2.12. The van der Waals surface area contributed by atoms with Crippen molar-refractivity contribution in [2.75, 3.05) is 0 Å². The lowest BCUT2D eigenvalue weighted by Gasteiger charge is -2.07. The highest BCUT2D eigenvalue weighted by molar-refractivity contribution is 14.1. The zero-order valence-electron chi connectivity index (χ0n) is 10.8. The number of rotatable bonds is 3. The van der Waals surface area contributed by atoms with Gasteiger partial charge in [0.2, 0.25) is 0 Å². The average molecular weight is 466 g/mol. The molecule has 0 fully saturated rings. The Kier molecular flexibility index (Phi) is 4.82. The second kappa shape index (κ2) is 6.66. The number of hydrogen-bond acceptors (Lipinski definition) is 4.